The highest BCUT2D eigenvalue weighted by Crippen LogP contribution is 2.26. The molecule has 0 saturated heterocycles. The van der Waals surface area contributed by atoms with Crippen LogP contribution in [-0.2, 0) is 0 Å². The number of benzene rings is 3. The second-order valence-corrected chi connectivity index (χ2v) is 7.05. The Morgan fingerprint density at radius 1 is 0.731 bits per heavy atom. The summed E-state index contributed by atoms with van der Waals surface area (Å²) < 4.78 is 0.785. The van der Waals surface area contributed by atoms with Gasteiger partial charge in [0.15, 0.2) is 0 Å². The van der Waals surface area contributed by atoms with Gasteiger partial charge in [0.05, 0.1) is 21.6 Å². The van der Waals surface area contributed by atoms with Crippen molar-refractivity contribution in [3.8, 4) is 0 Å². The van der Waals surface area contributed by atoms with Gasteiger partial charge in [0.25, 0.3) is 0 Å². The monoisotopic (exact) mass is 404 g/mol. The van der Waals surface area contributed by atoms with Gasteiger partial charge < -0.3 is 5.73 Å². The molecule has 0 aliphatic rings. The summed E-state index contributed by atoms with van der Waals surface area (Å²) in [6.45, 7) is 4.13. The molecule has 0 unspecified atom stereocenters. The van der Waals surface area contributed by atoms with Crippen molar-refractivity contribution >= 4 is 33.0 Å². The van der Waals surface area contributed by atoms with Crippen LogP contribution in [-0.4, -0.2) is 5.71 Å². The lowest BCUT2D eigenvalue weighted by Gasteiger charge is -2.11. The summed E-state index contributed by atoms with van der Waals surface area (Å²) in [6.07, 6.45) is 0. The first-order valence-corrected chi connectivity index (χ1v) is 9.27. The Hall–Kier alpha value is -2.65. The summed E-state index contributed by atoms with van der Waals surface area (Å²) in [4.78, 5) is 4.87. The maximum Gasteiger partial charge on any atom is 0.0872 e. The standard InChI is InChI=1S/C23H21BrN2/c1-16-8-12-18(13-9-16)22(25)21(24)23(19-6-4-3-5-7-19)26-20-14-10-17(2)11-15-20/h3-15H,25H2,1-2H3/b22-21+,26-23?. The molecule has 3 aromatic carbocycles. The summed E-state index contributed by atoms with van der Waals surface area (Å²) in [5.41, 5.74) is 13.2. The van der Waals surface area contributed by atoms with Crippen molar-refractivity contribution in [1.82, 2.24) is 0 Å². The number of rotatable bonds is 4. The molecule has 2 nitrogen and oxygen atoms in total. The molecule has 0 bridgehead atoms. The Morgan fingerprint density at radius 3 is 1.85 bits per heavy atom. The number of allylic oxidation sites excluding steroid dienone is 1. The molecule has 130 valence electrons. The van der Waals surface area contributed by atoms with Crippen molar-refractivity contribution in [2.45, 2.75) is 13.8 Å². The third-order valence-electron chi connectivity index (χ3n) is 4.13. The quantitative estimate of drug-likeness (QED) is 0.520. The van der Waals surface area contributed by atoms with Crippen LogP contribution in [0, 0.1) is 13.8 Å². The lowest BCUT2D eigenvalue weighted by molar-refractivity contribution is 1.42. The van der Waals surface area contributed by atoms with E-state index in [1.807, 2.05) is 54.6 Å². The molecule has 0 aromatic heterocycles. The lowest BCUT2D eigenvalue weighted by atomic mass is 10.0. The Balaban J connectivity index is 2.12. The Morgan fingerprint density at radius 2 is 1.27 bits per heavy atom. The molecule has 0 spiro atoms. The first-order valence-electron chi connectivity index (χ1n) is 8.48. The molecule has 2 N–H and O–H groups in total. The van der Waals surface area contributed by atoms with Gasteiger partial charge >= 0.3 is 0 Å². The van der Waals surface area contributed by atoms with E-state index < -0.39 is 0 Å². The van der Waals surface area contributed by atoms with Gasteiger partial charge in [-0.1, -0.05) is 77.9 Å². The average Bonchev–Trinajstić information content (AvgIpc) is 2.68. The van der Waals surface area contributed by atoms with Crippen molar-refractivity contribution in [1.29, 1.82) is 0 Å². The zero-order valence-electron chi connectivity index (χ0n) is 14.9. The Labute approximate surface area is 163 Å². The van der Waals surface area contributed by atoms with E-state index >= 15 is 0 Å². The minimum absolute atomic E-state index is 0.666. The van der Waals surface area contributed by atoms with E-state index in [0.29, 0.717) is 5.70 Å². The summed E-state index contributed by atoms with van der Waals surface area (Å²) in [5, 5.41) is 0. The number of hydrogen-bond donors (Lipinski definition) is 1. The van der Waals surface area contributed by atoms with Crippen LogP contribution in [0.2, 0.25) is 0 Å². The molecule has 0 saturated carbocycles. The minimum atomic E-state index is 0.666. The first-order chi connectivity index (χ1) is 12.5. The highest BCUT2D eigenvalue weighted by Gasteiger charge is 2.13. The van der Waals surface area contributed by atoms with Gasteiger partial charge in [-0.2, -0.15) is 0 Å². The van der Waals surface area contributed by atoms with Crippen LogP contribution in [0.5, 0.6) is 0 Å². The van der Waals surface area contributed by atoms with Gasteiger partial charge in [0.1, 0.15) is 0 Å². The lowest BCUT2D eigenvalue weighted by Crippen LogP contribution is -2.08. The van der Waals surface area contributed by atoms with E-state index in [9.17, 15) is 0 Å². The SMILES string of the molecule is Cc1ccc(N=C(/C(Br)=C(\N)c2ccc(C)cc2)c2ccccc2)cc1. The van der Waals surface area contributed by atoms with Gasteiger partial charge in [-0.25, -0.2) is 4.99 Å². The highest BCUT2D eigenvalue weighted by molar-refractivity contribution is 9.12. The maximum absolute atomic E-state index is 6.46. The molecule has 0 aliphatic carbocycles. The average molecular weight is 405 g/mol. The smallest absolute Gasteiger partial charge is 0.0872 e. The third kappa shape index (κ3) is 4.30. The predicted octanol–water partition coefficient (Wildman–Crippen LogP) is 6.15. The second-order valence-electron chi connectivity index (χ2n) is 6.26. The van der Waals surface area contributed by atoms with Crippen LogP contribution in [0.1, 0.15) is 22.3 Å². The van der Waals surface area contributed by atoms with Crippen molar-refractivity contribution in [2.24, 2.45) is 10.7 Å². The zero-order chi connectivity index (χ0) is 18.5. The van der Waals surface area contributed by atoms with Crippen LogP contribution < -0.4 is 5.73 Å². The van der Waals surface area contributed by atoms with E-state index in [2.05, 4.69) is 54.0 Å². The Bertz CT molecular complexity index is 938. The Kier molecular flexibility index (Phi) is 5.69. The van der Waals surface area contributed by atoms with Crippen molar-refractivity contribution in [3.05, 3.63) is 106 Å². The third-order valence-corrected chi connectivity index (χ3v) is 4.93. The number of aryl methyl sites for hydroxylation is 2. The molecule has 3 aromatic rings. The molecule has 26 heavy (non-hydrogen) atoms. The molecule has 0 fully saturated rings. The number of nitrogens with zero attached hydrogens (tertiary/aromatic N) is 1. The molecular weight excluding hydrogens is 384 g/mol. The topological polar surface area (TPSA) is 38.4 Å². The van der Waals surface area contributed by atoms with Crippen LogP contribution in [0.15, 0.2) is 88.3 Å². The number of aliphatic imine (C=N–C) groups is 1. The predicted molar refractivity (Wildman–Crippen MR) is 115 cm³/mol. The normalized spacial score (nSPS) is 12.7. The van der Waals surface area contributed by atoms with Crippen molar-refractivity contribution < 1.29 is 0 Å². The summed E-state index contributed by atoms with van der Waals surface area (Å²) in [5.74, 6) is 0. The van der Waals surface area contributed by atoms with Crippen LogP contribution >= 0.6 is 15.9 Å². The van der Waals surface area contributed by atoms with Crippen LogP contribution in [0.25, 0.3) is 5.70 Å². The highest BCUT2D eigenvalue weighted by atomic mass is 79.9. The van der Waals surface area contributed by atoms with E-state index in [0.717, 1.165) is 27.0 Å². The molecule has 3 heteroatoms. The van der Waals surface area contributed by atoms with Crippen molar-refractivity contribution in [3.63, 3.8) is 0 Å². The fourth-order valence-corrected chi connectivity index (χ4v) is 3.12. The van der Waals surface area contributed by atoms with Gasteiger partial charge in [-0.05, 0) is 47.5 Å². The first kappa shape index (κ1) is 18.2. The fraction of sp³-hybridized carbons (Fsp3) is 0.0870. The fourth-order valence-electron chi connectivity index (χ4n) is 2.57. The number of halogens is 1. The molecule has 0 amide bonds. The van der Waals surface area contributed by atoms with E-state index in [4.69, 9.17) is 10.7 Å². The van der Waals surface area contributed by atoms with E-state index in [-0.39, 0.29) is 0 Å². The summed E-state index contributed by atoms with van der Waals surface area (Å²) in [7, 11) is 0. The molecule has 0 heterocycles. The summed E-state index contributed by atoms with van der Waals surface area (Å²) in [6, 6.07) is 26.4. The number of hydrogen-bond acceptors (Lipinski definition) is 2. The number of nitrogens with two attached hydrogens (primary N) is 1. The van der Waals surface area contributed by atoms with Crippen molar-refractivity contribution in [2.75, 3.05) is 0 Å². The molecular formula is C23H21BrN2. The second kappa shape index (κ2) is 8.15. The largest absolute Gasteiger partial charge is 0.397 e. The van der Waals surface area contributed by atoms with E-state index in [1.54, 1.807) is 0 Å². The van der Waals surface area contributed by atoms with Gasteiger partial charge in [0, 0.05) is 5.56 Å². The molecule has 0 atom stereocenters. The molecule has 3 rings (SSSR count). The molecule has 0 aliphatic heterocycles. The minimum Gasteiger partial charge on any atom is -0.397 e. The molecule has 0 radical (unpaired) electrons. The van der Waals surface area contributed by atoms with Gasteiger partial charge in [-0.15, -0.1) is 0 Å². The van der Waals surface area contributed by atoms with Crippen LogP contribution in [0.3, 0.4) is 0 Å². The van der Waals surface area contributed by atoms with Crippen LogP contribution in [0.4, 0.5) is 5.69 Å². The van der Waals surface area contributed by atoms with E-state index in [1.165, 1.54) is 11.1 Å². The maximum atomic E-state index is 6.46. The van der Waals surface area contributed by atoms with Gasteiger partial charge in [0.2, 0.25) is 0 Å². The zero-order valence-corrected chi connectivity index (χ0v) is 16.5. The summed E-state index contributed by atoms with van der Waals surface area (Å²) >= 11 is 3.70. The van der Waals surface area contributed by atoms with Gasteiger partial charge in [-0.3, -0.25) is 0 Å².